The Morgan fingerprint density at radius 1 is 1.33 bits per heavy atom. The van der Waals surface area contributed by atoms with Crippen molar-refractivity contribution in [2.24, 2.45) is 5.92 Å². The molecule has 114 valence electrons. The Morgan fingerprint density at radius 3 is 2.62 bits per heavy atom. The summed E-state index contributed by atoms with van der Waals surface area (Å²) in [5.41, 5.74) is 7.92. The van der Waals surface area contributed by atoms with Gasteiger partial charge in [0.15, 0.2) is 0 Å². The first-order chi connectivity index (χ1) is 9.95. The second-order valence-corrected chi connectivity index (χ2v) is 6.11. The number of nitrogens with zero attached hydrogens (tertiary/aromatic N) is 2. The van der Waals surface area contributed by atoms with Gasteiger partial charge in [-0.15, -0.1) is 0 Å². The van der Waals surface area contributed by atoms with E-state index in [1.54, 1.807) is 16.8 Å². The van der Waals surface area contributed by atoms with E-state index in [0.717, 1.165) is 30.8 Å². The monoisotopic (exact) mass is 307 g/mol. The molecule has 1 aromatic heterocycles. The molecule has 0 aliphatic heterocycles. The van der Waals surface area contributed by atoms with Gasteiger partial charge in [-0.2, -0.15) is 0 Å². The van der Waals surface area contributed by atoms with Crippen LogP contribution in [0.2, 0.25) is 5.02 Å². The van der Waals surface area contributed by atoms with Gasteiger partial charge >= 0.3 is 0 Å². The molecule has 1 heterocycles. The third-order valence-electron chi connectivity index (χ3n) is 3.38. The van der Waals surface area contributed by atoms with Crippen molar-refractivity contribution in [2.75, 3.05) is 5.73 Å². The molecule has 0 saturated heterocycles. The van der Waals surface area contributed by atoms with Gasteiger partial charge in [-0.3, -0.25) is 9.48 Å². The highest BCUT2D eigenvalue weighted by Crippen LogP contribution is 2.20. The van der Waals surface area contributed by atoms with Gasteiger partial charge in [0.2, 0.25) is 0 Å². The van der Waals surface area contributed by atoms with Crippen LogP contribution >= 0.6 is 11.6 Å². The Bertz CT molecular complexity index is 685. The van der Waals surface area contributed by atoms with Crippen molar-refractivity contribution in [1.82, 2.24) is 9.36 Å². The second-order valence-electron chi connectivity index (χ2n) is 5.68. The Kier molecular flexibility index (Phi) is 4.78. The van der Waals surface area contributed by atoms with E-state index < -0.39 is 0 Å². The van der Waals surface area contributed by atoms with Crippen molar-refractivity contribution < 1.29 is 0 Å². The van der Waals surface area contributed by atoms with Crippen LogP contribution in [0.25, 0.3) is 5.69 Å². The first kappa shape index (κ1) is 15.7. The highest BCUT2D eigenvalue weighted by atomic mass is 35.5. The highest BCUT2D eigenvalue weighted by molar-refractivity contribution is 6.30. The maximum Gasteiger partial charge on any atom is 0.294 e. The molecule has 4 nitrogen and oxygen atoms in total. The molecule has 0 atom stereocenters. The van der Waals surface area contributed by atoms with Crippen LogP contribution < -0.4 is 11.3 Å². The van der Waals surface area contributed by atoms with Crippen LogP contribution in [0.5, 0.6) is 0 Å². The topological polar surface area (TPSA) is 52.9 Å². The number of nitrogen functional groups attached to an aromatic ring is 1. The van der Waals surface area contributed by atoms with E-state index in [1.807, 2.05) is 16.8 Å². The molecule has 0 spiro atoms. The molecule has 0 fully saturated rings. The van der Waals surface area contributed by atoms with Gasteiger partial charge in [-0.1, -0.05) is 38.4 Å². The minimum Gasteiger partial charge on any atom is -0.393 e. The summed E-state index contributed by atoms with van der Waals surface area (Å²) in [6.45, 7) is 7.08. The van der Waals surface area contributed by atoms with Crippen LogP contribution in [0.15, 0.2) is 29.1 Å². The predicted molar refractivity (Wildman–Crippen MR) is 88.3 cm³/mol. The zero-order valence-electron chi connectivity index (χ0n) is 12.8. The van der Waals surface area contributed by atoms with Gasteiger partial charge < -0.3 is 5.73 Å². The smallest absolute Gasteiger partial charge is 0.294 e. The van der Waals surface area contributed by atoms with Crippen LogP contribution in [0, 0.1) is 5.92 Å². The highest BCUT2D eigenvalue weighted by Gasteiger charge is 2.19. The Balaban J connectivity index is 2.67. The van der Waals surface area contributed by atoms with Crippen LogP contribution in [-0.4, -0.2) is 9.36 Å². The lowest BCUT2D eigenvalue weighted by atomic mass is 10.1. The molecule has 0 bridgehead atoms. The molecular formula is C16H22ClN3O. The van der Waals surface area contributed by atoms with E-state index in [-0.39, 0.29) is 5.56 Å². The molecule has 0 saturated carbocycles. The van der Waals surface area contributed by atoms with Gasteiger partial charge in [0.05, 0.1) is 11.4 Å². The Hall–Kier alpha value is -1.68. The van der Waals surface area contributed by atoms with Crippen LogP contribution in [0.1, 0.15) is 32.9 Å². The number of rotatable bonds is 5. The van der Waals surface area contributed by atoms with Gasteiger partial charge in [0.25, 0.3) is 5.56 Å². The van der Waals surface area contributed by atoms with Crippen LogP contribution in [0.4, 0.5) is 5.69 Å². The Labute approximate surface area is 130 Å². The molecule has 0 radical (unpaired) electrons. The zero-order chi connectivity index (χ0) is 15.6. The summed E-state index contributed by atoms with van der Waals surface area (Å²) in [6, 6.07) is 7.29. The molecule has 5 heteroatoms. The van der Waals surface area contributed by atoms with Crippen molar-refractivity contribution in [3.8, 4) is 5.69 Å². The summed E-state index contributed by atoms with van der Waals surface area (Å²) < 4.78 is 3.63. The van der Waals surface area contributed by atoms with Crippen molar-refractivity contribution in [3.05, 3.63) is 45.3 Å². The molecule has 2 N–H and O–H groups in total. The number of halogens is 1. The average molecular weight is 308 g/mol. The number of hydrogen-bond acceptors (Lipinski definition) is 2. The van der Waals surface area contributed by atoms with E-state index >= 15 is 0 Å². The maximum absolute atomic E-state index is 12.6. The van der Waals surface area contributed by atoms with Crippen LogP contribution in [-0.2, 0) is 13.0 Å². The number of hydrogen-bond donors (Lipinski definition) is 1. The lowest BCUT2D eigenvalue weighted by Crippen LogP contribution is -2.22. The predicted octanol–water partition coefficient (Wildman–Crippen LogP) is 3.48. The van der Waals surface area contributed by atoms with Crippen molar-refractivity contribution in [3.63, 3.8) is 0 Å². The van der Waals surface area contributed by atoms with Crippen LogP contribution in [0.3, 0.4) is 0 Å². The van der Waals surface area contributed by atoms with Gasteiger partial charge in [0.1, 0.15) is 5.69 Å². The van der Waals surface area contributed by atoms with Gasteiger partial charge in [0, 0.05) is 11.6 Å². The molecular weight excluding hydrogens is 286 g/mol. The van der Waals surface area contributed by atoms with Crippen molar-refractivity contribution in [2.45, 2.75) is 40.2 Å². The number of anilines is 1. The number of aromatic nitrogens is 2. The molecule has 2 aromatic rings. The number of nitrogens with two attached hydrogens (primary N) is 1. The van der Waals surface area contributed by atoms with E-state index in [1.165, 1.54) is 0 Å². The van der Waals surface area contributed by atoms with Crippen molar-refractivity contribution >= 4 is 17.3 Å². The summed E-state index contributed by atoms with van der Waals surface area (Å²) in [5.74, 6) is 0.435. The molecule has 0 aliphatic rings. The first-order valence-corrected chi connectivity index (χ1v) is 7.69. The summed E-state index contributed by atoms with van der Waals surface area (Å²) in [4.78, 5) is 12.6. The molecule has 21 heavy (non-hydrogen) atoms. The standard InChI is InChI=1S/C16H22ClN3O/c1-4-8-19-14(9-11(2)3)15(18)16(21)20(19)13-7-5-6-12(17)10-13/h5-7,10-11H,4,8-9,18H2,1-3H3. The third-order valence-corrected chi connectivity index (χ3v) is 3.61. The fourth-order valence-electron chi connectivity index (χ4n) is 2.52. The molecule has 0 amide bonds. The summed E-state index contributed by atoms with van der Waals surface area (Å²) in [6.07, 6.45) is 1.72. The largest absolute Gasteiger partial charge is 0.393 e. The van der Waals surface area contributed by atoms with Gasteiger partial charge in [-0.25, -0.2) is 4.68 Å². The summed E-state index contributed by atoms with van der Waals surface area (Å²) in [7, 11) is 0. The van der Waals surface area contributed by atoms with E-state index in [9.17, 15) is 4.79 Å². The molecule has 2 rings (SSSR count). The average Bonchev–Trinajstić information content (AvgIpc) is 2.64. The summed E-state index contributed by atoms with van der Waals surface area (Å²) in [5, 5.41) is 0.604. The summed E-state index contributed by atoms with van der Waals surface area (Å²) >= 11 is 6.05. The first-order valence-electron chi connectivity index (χ1n) is 7.31. The quantitative estimate of drug-likeness (QED) is 0.919. The molecule has 0 unspecified atom stereocenters. The molecule has 1 aromatic carbocycles. The number of benzene rings is 1. The zero-order valence-corrected chi connectivity index (χ0v) is 13.5. The van der Waals surface area contributed by atoms with Gasteiger partial charge in [-0.05, 0) is 37.0 Å². The fourth-order valence-corrected chi connectivity index (χ4v) is 2.70. The third kappa shape index (κ3) is 3.16. The van der Waals surface area contributed by atoms with Crippen molar-refractivity contribution in [1.29, 1.82) is 0 Å². The minimum absolute atomic E-state index is 0.165. The normalized spacial score (nSPS) is 11.3. The second kappa shape index (κ2) is 6.39. The van der Waals surface area contributed by atoms with E-state index in [4.69, 9.17) is 17.3 Å². The van der Waals surface area contributed by atoms with E-state index in [2.05, 4.69) is 20.8 Å². The maximum atomic E-state index is 12.6. The fraction of sp³-hybridized carbons (Fsp3) is 0.438. The SMILES string of the molecule is CCCn1c(CC(C)C)c(N)c(=O)n1-c1cccc(Cl)c1. The van der Waals surface area contributed by atoms with E-state index in [0.29, 0.717) is 16.6 Å². The lowest BCUT2D eigenvalue weighted by molar-refractivity contribution is 0.494. The molecule has 0 aliphatic carbocycles. The lowest BCUT2D eigenvalue weighted by Gasteiger charge is -2.15. The Morgan fingerprint density at radius 2 is 2.05 bits per heavy atom. The minimum atomic E-state index is -0.165.